The first-order chi connectivity index (χ1) is 11.3. The fraction of sp³-hybridized carbons (Fsp3) is 0.176. The molecule has 0 aliphatic carbocycles. The van der Waals surface area contributed by atoms with Crippen molar-refractivity contribution < 1.29 is 9.15 Å². The van der Waals surface area contributed by atoms with Gasteiger partial charge in [-0.2, -0.15) is 0 Å². The third-order valence-corrected chi connectivity index (χ3v) is 4.03. The molecule has 5 nitrogen and oxygen atoms in total. The van der Waals surface area contributed by atoms with Gasteiger partial charge in [-0.3, -0.25) is 0 Å². The van der Waals surface area contributed by atoms with Crippen molar-refractivity contribution in [2.24, 2.45) is 0 Å². The molecule has 6 heteroatoms. The standard InChI is InChI=1S/C17H17N3O2S/c18-15-9-5-4-8-14(15)17-20-19-16(22-17)12-23-11-10-21-13-6-2-1-3-7-13/h1-9H,10-12,18H2. The molecule has 3 rings (SSSR count). The lowest BCUT2D eigenvalue weighted by Crippen LogP contribution is -2.00. The monoisotopic (exact) mass is 327 g/mol. The molecule has 2 aromatic carbocycles. The van der Waals surface area contributed by atoms with Crippen molar-refractivity contribution in [3.05, 3.63) is 60.5 Å². The first kappa shape index (κ1) is 15.4. The second-order valence-electron chi connectivity index (χ2n) is 4.80. The minimum absolute atomic E-state index is 0.458. The lowest BCUT2D eigenvalue weighted by Gasteiger charge is -2.04. The zero-order valence-electron chi connectivity index (χ0n) is 12.5. The Bertz CT molecular complexity index is 746. The van der Waals surface area contributed by atoms with Gasteiger partial charge in [0.15, 0.2) is 0 Å². The molecule has 1 heterocycles. The van der Waals surface area contributed by atoms with Gasteiger partial charge in [-0.05, 0) is 24.3 Å². The van der Waals surface area contributed by atoms with Crippen LogP contribution in [0.5, 0.6) is 5.75 Å². The Kier molecular flexibility index (Phi) is 5.16. The van der Waals surface area contributed by atoms with Crippen molar-refractivity contribution >= 4 is 17.4 Å². The molecule has 3 aromatic rings. The first-order valence-electron chi connectivity index (χ1n) is 7.26. The van der Waals surface area contributed by atoms with Crippen LogP contribution in [0.4, 0.5) is 5.69 Å². The van der Waals surface area contributed by atoms with Gasteiger partial charge in [0.05, 0.1) is 17.9 Å². The molecule has 1 aromatic heterocycles. The van der Waals surface area contributed by atoms with E-state index in [1.54, 1.807) is 11.8 Å². The fourth-order valence-corrected chi connectivity index (χ4v) is 2.64. The maximum Gasteiger partial charge on any atom is 0.249 e. The molecule has 0 spiro atoms. The number of rotatable bonds is 7. The molecular weight excluding hydrogens is 310 g/mol. The van der Waals surface area contributed by atoms with Crippen LogP contribution in [0.25, 0.3) is 11.5 Å². The molecule has 0 aliphatic rings. The van der Waals surface area contributed by atoms with Crippen molar-refractivity contribution in [3.63, 3.8) is 0 Å². The van der Waals surface area contributed by atoms with E-state index in [-0.39, 0.29) is 0 Å². The number of para-hydroxylation sites is 2. The maximum absolute atomic E-state index is 5.91. The highest BCUT2D eigenvalue weighted by atomic mass is 32.2. The summed E-state index contributed by atoms with van der Waals surface area (Å²) < 4.78 is 11.3. The number of anilines is 1. The van der Waals surface area contributed by atoms with Gasteiger partial charge in [0.1, 0.15) is 5.75 Å². The van der Waals surface area contributed by atoms with Gasteiger partial charge in [-0.1, -0.05) is 30.3 Å². The van der Waals surface area contributed by atoms with Crippen LogP contribution in [0.3, 0.4) is 0 Å². The molecule has 0 unspecified atom stereocenters. The van der Waals surface area contributed by atoms with Gasteiger partial charge < -0.3 is 14.9 Å². The summed E-state index contributed by atoms with van der Waals surface area (Å²) in [7, 11) is 0. The van der Waals surface area contributed by atoms with Crippen molar-refractivity contribution in [3.8, 4) is 17.2 Å². The minimum atomic E-state index is 0.458. The summed E-state index contributed by atoms with van der Waals surface area (Å²) in [5.74, 6) is 3.43. The highest BCUT2D eigenvalue weighted by molar-refractivity contribution is 7.98. The topological polar surface area (TPSA) is 74.2 Å². The van der Waals surface area contributed by atoms with E-state index in [0.717, 1.165) is 17.1 Å². The molecule has 0 bridgehead atoms. The predicted octanol–water partition coefficient (Wildman–Crippen LogP) is 3.63. The number of hydrogen-bond donors (Lipinski definition) is 1. The maximum atomic E-state index is 5.91. The second-order valence-corrected chi connectivity index (χ2v) is 5.91. The zero-order chi connectivity index (χ0) is 15.9. The van der Waals surface area contributed by atoms with E-state index < -0.39 is 0 Å². The van der Waals surface area contributed by atoms with Crippen molar-refractivity contribution in [1.82, 2.24) is 10.2 Å². The lowest BCUT2D eigenvalue weighted by atomic mass is 10.2. The largest absolute Gasteiger partial charge is 0.493 e. The second kappa shape index (κ2) is 7.69. The Morgan fingerprint density at radius 3 is 2.61 bits per heavy atom. The molecule has 0 radical (unpaired) electrons. The van der Waals surface area contributed by atoms with Gasteiger partial charge >= 0.3 is 0 Å². The van der Waals surface area contributed by atoms with Crippen LogP contribution >= 0.6 is 11.8 Å². The third-order valence-electron chi connectivity index (χ3n) is 3.12. The number of nitrogens with two attached hydrogens (primary N) is 1. The number of nitrogens with zero attached hydrogens (tertiary/aromatic N) is 2. The van der Waals surface area contributed by atoms with Crippen LogP contribution in [0.15, 0.2) is 59.0 Å². The molecule has 0 fully saturated rings. The highest BCUT2D eigenvalue weighted by Crippen LogP contribution is 2.25. The predicted molar refractivity (Wildman–Crippen MR) is 92.2 cm³/mol. The Hall–Kier alpha value is -2.47. The average Bonchev–Trinajstić information content (AvgIpc) is 3.04. The molecule has 0 amide bonds. The number of benzene rings is 2. The van der Waals surface area contributed by atoms with E-state index in [2.05, 4.69) is 10.2 Å². The van der Waals surface area contributed by atoms with E-state index in [1.165, 1.54) is 0 Å². The summed E-state index contributed by atoms with van der Waals surface area (Å²) in [6, 6.07) is 17.2. The Morgan fingerprint density at radius 1 is 1.00 bits per heavy atom. The van der Waals surface area contributed by atoms with E-state index in [4.69, 9.17) is 14.9 Å². The van der Waals surface area contributed by atoms with E-state index in [0.29, 0.717) is 29.8 Å². The minimum Gasteiger partial charge on any atom is -0.493 e. The van der Waals surface area contributed by atoms with Crippen LogP contribution in [0.2, 0.25) is 0 Å². The number of ether oxygens (including phenoxy) is 1. The molecule has 0 aliphatic heterocycles. The van der Waals surface area contributed by atoms with Gasteiger partial charge in [-0.25, -0.2) is 0 Å². The highest BCUT2D eigenvalue weighted by Gasteiger charge is 2.10. The Balaban J connectivity index is 1.46. The lowest BCUT2D eigenvalue weighted by molar-refractivity contribution is 0.344. The van der Waals surface area contributed by atoms with Crippen molar-refractivity contribution in [2.45, 2.75) is 5.75 Å². The van der Waals surface area contributed by atoms with E-state index >= 15 is 0 Å². The third kappa shape index (κ3) is 4.26. The summed E-state index contributed by atoms with van der Waals surface area (Å²) in [6.45, 7) is 0.640. The summed E-state index contributed by atoms with van der Waals surface area (Å²) in [5, 5.41) is 8.11. The van der Waals surface area contributed by atoms with Gasteiger partial charge in [0, 0.05) is 11.4 Å². The molecule has 2 N–H and O–H groups in total. The van der Waals surface area contributed by atoms with Gasteiger partial charge in [0.2, 0.25) is 11.8 Å². The normalized spacial score (nSPS) is 10.6. The summed E-state index contributed by atoms with van der Waals surface area (Å²) in [5.41, 5.74) is 7.31. The van der Waals surface area contributed by atoms with Gasteiger partial charge in [-0.15, -0.1) is 22.0 Å². The van der Waals surface area contributed by atoms with Crippen LogP contribution in [-0.2, 0) is 5.75 Å². The SMILES string of the molecule is Nc1ccccc1-c1nnc(CSCCOc2ccccc2)o1. The fourth-order valence-electron chi connectivity index (χ4n) is 2.01. The van der Waals surface area contributed by atoms with Crippen LogP contribution in [-0.4, -0.2) is 22.6 Å². The van der Waals surface area contributed by atoms with Crippen molar-refractivity contribution in [1.29, 1.82) is 0 Å². The quantitative estimate of drug-likeness (QED) is 0.527. The summed E-state index contributed by atoms with van der Waals surface area (Å²) in [4.78, 5) is 0. The molecular formula is C17H17N3O2S. The smallest absolute Gasteiger partial charge is 0.249 e. The summed E-state index contributed by atoms with van der Waals surface area (Å²) in [6.07, 6.45) is 0. The molecule has 118 valence electrons. The van der Waals surface area contributed by atoms with Gasteiger partial charge in [0.25, 0.3) is 0 Å². The zero-order valence-corrected chi connectivity index (χ0v) is 13.3. The molecule has 0 atom stereocenters. The number of nitrogen functional groups attached to an aromatic ring is 1. The van der Waals surface area contributed by atoms with Crippen LogP contribution in [0, 0.1) is 0 Å². The Labute approximate surface area is 138 Å². The van der Waals surface area contributed by atoms with Crippen molar-refractivity contribution in [2.75, 3.05) is 18.1 Å². The number of aromatic nitrogens is 2. The van der Waals surface area contributed by atoms with Crippen LogP contribution < -0.4 is 10.5 Å². The molecule has 0 saturated heterocycles. The van der Waals surface area contributed by atoms with E-state index in [9.17, 15) is 0 Å². The number of hydrogen-bond acceptors (Lipinski definition) is 6. The molecule has 23 heavy (non-hydrogen) atoms. The first-order valence-corrected chi connectivity index (χ1v) is 8.41. The number of thioether (sulfide) groups is 1. The Morgan fingerprint density at radius 2 is 1.78 bits per heavy atom. The average molecular weight is 327 g/mol. The molecule has 0 saturated carbocycles. The summed E-state index contributed by atoms with van der Waals surface area (Å²) >= 11 is 1.69. The van der Waals surface area contributed by atoms with Crippen LogP contribution in [0.1, 0.15) is 5.89 Å². The van der Waals surface area contributed by atoms with E-state index in [1.807, 2.05) is 54.6 Å².